The Morgan fingerprint density at radius 2 is 1.70 bits per heavy atom. The largest absolute Gasteiger partial charge is 0.481 e. The van der Waals surface area contributed by atoms with Crippen LogP contribution in [-0.2, 0) is 4.79 Å². The van der Waals surface area contributed by atoms with Gasteiger partial charge in [0, 0.05) is 11.8 Å². The highest BCUT2D eigenvalue weighted by molar-refractivity contribution is 5.96. The Bertz CT molecular complexity index is 1080. The van der Waals surface area contributed by atoms with Crippen molar-refractivity contribution in [2.24, 2.45) is 0 Å². The minimum absolute atomic E-state index is 0.217. The first-order valence-electron chi connectivity index (χ1n) is 9.59. The zero-order valence-electron chi connectivity index (χ0n) is 17.2. The van der Waals surface area contributed by atoms with Crippen LogP contribution in [0, 0.1) is 13.8 Å². The van der Waals surface area contributed by atoms with Gasteiger partial charge in [0.05, 0.1) is 25.1 Å². The lowest BCUT2D eigenvalue weighted by Crippen LogP contribution is -2.30. The fourth-order valence-corrected chi connectivity index (χ4v) is 3.44. The number of carbonyl (C=O) groups excluding carboxylic acids is 1. The Morgan fingerprint density at radius 1 is 1.03 bits per heavy atom. The van der Waals surface area contributed by atoms with E-state index < -0.39 is 17.9 Å². The molecule has 2 N–H and O–H groups in total. The lowest BCUT2D eigenvalue weighted by atomic mass is 9.97. The summed E-state index contributed by atoms with van der Waals surface area (Å²) in [6.45, 7) is 3.87. The molecule has 2 aromatic carbocycles. The van der Waals surface area contributed by atoms with E-state index in [1.165, 1.54) is 13.3 Å². The third-order valence-electron chi connectivity index (χ3n) is 4.99. The quantitative estimate of drug-likeness (QED) is 0.612. The number of benzene rings is 2. The lowest BCUT2D eigenvalue weighted by molar-refractivity contribution is -0.137. The van der Waals surface area contributed by atoms with Crippen molar-refractivity contribution in [3.63, 3.8) is 0 Å². The standard InChI is InChI=1S/C24H24N2O4/c1-15-8-4-6-10-18(15)20-12-17(14-25-24(20)30-3)23(29)26-21(13-22(27)28)19-11-7-5-9-16(19)2/h4-12,14,21H,13H2,1-3H3,(H,26,29)(H,27,28)/t21-/m0/s1. The summed E-state index contributed by atoms with van der Waals surface area (Å²) in [6.07, 6.45) is 1.22. The molecule has 1 amide bonds. The Morgan fingerprint density at radius 3 is 2.33 bits per heavy atom. The molecule has 1 aromatic heterocycles. The van der Waals surface area contributed by atoms with Crippen molar-refractivity contribution in [2.75, 3.05) is 7.11 Å². The van der Waals surface area contributed by atoms with Crippen LogP contribution in [0.3, 0.4) is 0 Å². The number of carboxylic acid groups (broad SMARTS) is 1. The molecule has 0 aliphatic carbocycles. The number of nitrogens with zero attached hydrogens (tertiary/aromatic N) is 1. The van der Waals surface area contributed by atoms with Gasteiger partial charge in [-0.25, -0.2) is 4.98 Å². The van der Waals surface area contributed by atoms with Crippen LogP contribution in [0.1, 0.15) is 39.5 Å². The molecule has 1 atom stereocenters. The Kier molecular flexibility index (Phi) is 6.47. The number of hydrogen-bond acceptors (Lipinski definition) is 4. The summed E-state index contributed by atoms with van der Waals surface area (Å²) in [5.41, 5.74) is 4.66. The van der Waals surface area contributed by atoms with Crippen LogP contribution in [0.4, 0.5) is 0 Å². The van der Waals surface area contributed by atoms with Crippen molar-refractivity contribution in [1.29, 1.82) is 0 Å². The number of rotatable bonds is 7. The first-order chi connectivity index (χ1) is 14.4. The van der Waals surface area contributed by atoms with Crippen LogP contribution < -0.4 is 10.1 Å². The Labute approximate surface area is 175 Å². The summed E-state index contributed by atoms with van der Waals surface area (Å²) in [6, 6.07) is 16.3. The molecule has 30 heavy (non-hydrogen) atoms. The number of amides is 1. The Hall–Kier alpha value is -3.67. The SMILES string of the molecule is COc1ncc(C(=O)N[C@@H](CC(=O)O)c2ccccc2C)cc1-c1ccccc1C. The van der Waals surface area contributed by atoms with E-state index in [1.807, 2.05) is 62.4 Å². The lowest BCUT2D eigenvalue weighted by Gasteiger charge is -2.20. The average molecular weight is 404 g/mol. The van der Waals surface area contributed by atoms with Crippen LogP contribution in [-0.4, -0.2) is 29.1 Å². The first-order valence-corrected chi connectivity index (χ1v) is 9.59. The molecule has 0 bridgehead atoms. The summed E-state index contributed by atoms with van der Waals surface area (Å²) in [5, 5.41) is 12.2. The number of aryl methyl sites for hydroxylation is 2. The van der Waals surface area contributed by atoms with Gasteiger partial charge in [0.2, 0.25) is 5.88 Å². The van der Waals surface area contributed by atoms with Crippen LogP contribution in [0.5, 0.6) is 5.88 Å². The molecular formula is C24H24N2O4. The first kappa shape index (κ1) is 21.0. The van der Waals surface area contributed by atoms with Gasteiger partial charge in [0.15, 0.2) is 0 Å². The molecule has 0 saturated heterocycles. The van der Waals surface area contributed by atoms with E-state index in [0.29, 0.717) is 17.0 Å². The van der Waals surface area contributed by atoms with Gasteiger partial charge >= 0.3 is 5.97 Å². The second-order valence-corrected chi connectivity index (χ2v) is 7.08. The molecule has 0 radical (unpaired) electrons. The fourth-order valence-electron chi connectivity index (χ4n) is 3.44. The molecule has 0 aliphatic heterocycles. The van der Waals surface area contributed by atoms with Gasteiger partial charge in [-0.1, -0.05) is 48.5 Å². The summed E-state index contributed by atoms with van der Waals surface area (Å²) in [4.78, 5) is 28.7. The summed E-state index contributed by atoms with van der Waals surface area (Å²) in [7, 11) is 1.53. The maximum Gasteiger partial charge on any atom is 0.305 e. The van der Waals surface area contributed by atoms with Gasteiger partial charge in [0.25, 0.3) is 5.91 Å². The monoisotopic (exact) mass is 404 g/mol. The third kappa shape index (κ3) is 4.66. The predicted molar refractivity (Wildman–Crippen MR) is 115 cm³/mol. The molecule has 0 saturated carbocycles. The number of carbonyl (C=O) groups is 2. The van der Waals surface area contributed by atoms with Gasteiger partial charge in [-0.3, -0.25) is 9.59 Å². The van der Waals surface area contributed by atoms with Crippen LogP contribution in [0.25, 0.3) is 11.1 Å². The average Bonchev–Trinajstić information content (AvgIpc) is 2.73. The number of nitrogens with one attached hydrogen (secondary N) is 1. The van der Waals surface area contributed by atoms with Crippen LogP contribution in [0.15, 0.2) is 60.8 Å². The van der Waals surface area contributed by atoms with E-state index in [-0.39, 0.29) is 6.42 Å². The number of carboxylic acids is 1. The zero-order valence-corrected chi connectivity index (χ0v) is 17.2. The van der Waals surface area contributed by atoms with E-state index in [4.69, 9.17) is 4.74 Å². The highest BCUT2D eigenvalue weighted by Gasteiger charge is 2.22. The van der Waals surface area contributed by atoms with Crippen molar-refractivity contribution < 1.29 is 19.4 Å². The van der Waals surface area contributed by atoms with E-state index >= 15 is 0 Å². The topological polar surface area (TPSA) is 88.5 Å². The number of aromatic nitrogens is 1. The summed E-state index contributed by atoms with van der Waals surface area (Å²) < 4.78 is 5.39. The van der Waals surface area contributed by atoms with Gasteiger partial charge in [0.1, 0.15) is 0 Å². The smallest absolute Gasteiger partial charge is 0.305 e. The van der Waals surface area contributed by atoms with Crippen molar-refractivity contribution in [3.05, 3.63) is 83.0 Å². The number of aliphatic carboxylic acids is 1. The van der Waals surface area contributed by atoms with Gasteiger partial charge in [-0.15, -0.1) is 0 Å². The van der Waals surface area contributed by atoms with E-state index in [1.54, 1.807) is 6.07 Å². The fraction of sp³-hybridized carbons (Fsp3) is 0.208. The summed E-state index contributed by atoms with van der Waals surface area (Å²) >= 11 is 0. The van der Waals surface area contributed by atoms with Gasteiger partial charge in [-0.2, -0.15) is 0 Å². The minimum atomic E-state index is -0.989. The maximum atomic E-state index is 13.0. The Balaban J connectivity index is 1.96. The van der Waals surface area contributed by atoms with Crippen LogP contribution >= 0.6 is 0 Å². The maximum absolute atomic E-state index is 13.0. The summed E-state index contributed by atoms with van der Waals surface area (Å²) in [5.74, 6) is -0.965. The van der Waals surface area contributed by atoms with Crippen molar-refractivity contribution in [3.8, 4) is 17.0 Å². The number of pyridine rings is 1. The number of hydrogen-bond donors (Lipinski definition) is 2. The minimum Gasteiger partial charge on any atom is -0.481 e. The molecule has 6 heteroatoms. The van der Waals surface area contributed by atoms with Crippen LogP contribution in [0.2, 0.25) is 0 Å². The van der Waals surface area contributed by atoms with Gasteiger partial charge < -0.3 is 15.2 Å². The van der Waals surface area contributed by atoms with Crippen molar-refractivity contribution in [1.82, 2.24) is 10.3 Å². The van der Waals surface area contributed by atoms with E-state index in [0.717, 1.165) is 22.3 Å². The number of ether oxygens (including phenoxy) is 1. The molecule has 3 rings (SSSR count). The molecular weight excluding hydrogens is 380 g/mol. The highest BCUT2D eigenvalue weighted by atomic mass is 16.5. The molecule has 0 fully saturated rings. The van der Waals surface area contributed by atoms with Crippen molar-refractivity contribution in [2.45, 2.75) is 26.3 Å². The molecule has 0 aliphatic rings. The van der Waals surface area contributed by atoms with E-state index in [9.17, 15) is 14.7 Å². The molecule has 6 nitrogen and oxygen atoms in total. The normalized spacial score (nSPS) is 11.6. The molecule has 3 aromatic rings. The third-order valence-corrected chi connectivity index (χ3v) is 4.99. The van der Waals surface area contributed by atoms with Crippen molar-refractivity contribution >= 4 is 11.9 Å². The molecule has 0 spiro atoms. The predicted octanol–water partition coefficient (Wildman–Crippen LogP) is 4.32. The highest BCUT2D eigenvalue weighted by Crippen LogP contribution is 2.31. The zero-order chi connectivity index (χ0) is 21.7. The van der Waals surface area contributed by atoms with Gasteiger partial charge in [-0.05, 0) is 42.2 Å². The second kappa shape index (κ2) is 9.22. The molecule has 154 valence electrons. The molecule has 1 heterocycles. The second-order valence-electron chi connectivity index (χ2n) is 7.08. The molecule has 0 unspecified atom stereocenters. The van der Waals surface area contributed by atoms with E-state index in [2.05, 4.69) is 10.3 Å². The number of methoxy groups -OCH3 is 1.